The van der Waals surface area contributed by atoms with Gasteiger partial charge in [0, 0.05) is 12.1 Å². The van der Waals surface area contributed by atoms with E-state index < -0.39 is 10.0 Å². The lowest BCUT2D eigenvalue weighted by atomic mass is 9.87. The maximum Gasteiger partial charge on any atom is 0.251 e. The molecule has 2 aromatic rings. The van der Waals surface area contributed by atoms with Crippen LogP contribution in [0.25, 0.3) is 0 Å². The van der Waals surface area contributed by atoms with Crippen LogP contribution in [0.1, 0.15) is 53.7 Å². The summed E-state index contributed by atoms with van der Waals surface area (Å²) in [6.07, 6.45) is 3.55. The van der Waals surface area contributed by atoms with E-state index in [1.54, 1.807) is 6.07 Å². The van der Waals surface area contributed by atoms with Crippen molar-refractivity contribution in [3.63, 3.8) is 0 Å². The molecule has 3 rings (SSSR count). The topological polar surface area (TPSA) is 84.5 Å². The third-order valence-electron chi connectivity index (χ3n) is 4.93. The summed E-state index contributed by atoms with van der Waals surface area (Å²) in [5, 5.41) is 3.06. The molecule has 150 valence electrons. The minimum Gasteiger partial charge on any atom is -0.495 e. The minimum atomic E-state index is -3.76. The van der Waals surface area contributed by atoms with Crippen LogP contribution in [0.3, 0.4) is 0 Å². The fourth-order valence-electron chi connectivity index (χ4n) is 3.49. The van der Waals surface area contributed by atoms with Crippen LogP contribution in [0.2, 0.25) is 0 Å². The predicted molar refractivity (Wildman–Crippen MR) is 108 cm³/mol. The van der Waals surface area contributed by atoms with Gasteiger partial charge in [0.15, 0.2) is 0 Å². The third-order valence-corrected chi connectivity index (χ3v) is 6.41. The van der Waals surface area contributed by atoms with Crippen molar-refractivity contribution >= 4 is 15.9 Å². The van der Waals surface area contributed by atoms with Gasteiger partial charge in [-0.05, 0) is 55.0 Å². The van der Waals surface area contributed by atoms with Gasteiger partial charge >= 0.3 is 0 Å². The number of carbonyl (C=O) groups excluding carboxylic acids is 1. The SMILES string of the molecule is CCCNS(=O)(=O)c1cc(C(=O)N[C@@H]2CCCc3ccccc32)ccc1OC. The maximum absolute atomic E-state index is 12.8. The Morgan fingerprint density at radius 2 is 2.00 bits per heavy atom. The fraction of sp³-hybridized carbons (Fsp3) is 0.381. The summed E-state index contributed by atoms with van der Waals surface area (Å²) in [7, 11) is -2.35. The van der Waals surface area contributed by atoms with Crippen molar-refractivity contribution < 1.29 is 17.9 Å². The Morgan fingerprint density at radius 3 is 2.75 bits per heavy atom. The molecule has 0 heterocycles. The minimum absolute atomic E-state index is 0.0276. The molecule has 7 heteroatoms. The molecular formula is C21H26N2O4S. The van der Waals surface area contributed by atoms with Gasteiger partial charge in [0.1, 0.15) is 10.6 Å². The van der Waals surface area contributed by atoms with Crippen molar-refractivity contribution in [2.75, 3.05) is 13.7 Å². The van der Waals surface area contributed by atoms with Crippen LogP contribution in [0.4, 0.5) is 0 Å². The first-order valence-corrected chi connectivity index (χ1v) is 11.0. The predicted octanol–water partition coefficient (Wildman–Crippen LogP) is 3.19. The van der Waals surface area contributed by atoms with Crippen LogP contribution in [-0.2, 0) is 16.4 Å². The van der Waals surface area contributed by atoms with Crippen LogP contribution < -0.4 is 14.8 Å². The van der Waals surface area contributed by atoms with Crippen molar-refractivity contribution in [3.05, 3.63) is 59.2 Å². The molecule has 2 aromatic carbocycles. The van der Waals surface area contributed by atoms with Gasteiger partial charge in [-0.15, -0.1) is 0 Å². The van der Waals surface area contributed by atoms with Crippen LogP contribution in [0.15, 0.2) is 47.4 Å². The van der Waals surface area contributed by atoms with E-state index in [1.807, 2.05) is 25.1 Å². The highest BCUT2D eigenvalue weighted by Gasteiger charge is 2.24. The Labute approximate surface area is 166 Å². The monoisotopic (exact) mass is 402 g/mol. The highest BCUT2D eigenvalue weighted by Crippen LogP contribution is 2.30. The molecule has 0 bridgehead atoms. The Balaban J connectivity index is 1.86. The van der Waals surface area contributed by atoms with Crippen LogP contribution >= 0.6 is 0 Å². The molecule has 0 saturated heterocycles. The molecule has 1 atom stereocenters. The zero-order valence-corrected chi connectivity index (χ0v) is 17.0. The van der Waals surface area contributed by atoms with Crippen molar-refractivity contribution in [2.24, 2.45) is 0 Å². The molecule has 1 aliphatic rings. The Morgan fingerprint density at radius 1 is 1.21 bits per heavy atom. The Kier molecular flexibility index (Phi) is 6.36. The summed E-state index contributed by atoms with van der Waals surface area (Å²) in [5.41, 5.74) is 2.68. The second-order valence-corrected chi connectivity index (χ2v) is 8.62. The van der Waals surface area contributed by atoms with E-state index in [2.05, 4.69) is 16.1 Å². The molecule has 0 saturated carbocycles. The molecule has 0 aromatic heterocycles. The van der Waals surface area contributed by atoms with Gasteiger partial charge in [-0.25, -0.2) is 13.1 Å². The van der Waals surface area contributed by atoms with Gasteiger partial charge in [-0.2, -0.15) is 0 Å². The molecule has 0 fully saturated rings. The number of hydrogen-bond acceptors (Lipinski definition) is 4. The van der Waals surface area contributed by atoms with Gasteiger partial charge in [0.2, 0.25) is 10.0 Å². The number of carbonyl (C=O) groups is 1. The Bertz CT molecular complexity index is 957. The van der Waals surface area contributed by atoms with Gasteiger partial charge in [-0.1, -0.05) is 31.2 Å². The normalized spacial score (nSPS) is 16.3. The standard InChI is InChI=1S/C21H26N2O4S/c1-3-13-22-28(25,26)20-14-16(11-12-19(20)27-2)21(24)23-18-10-6-8-15-7-4-5-9-17(15)18/h4-5,7,9,11-12,14,18,22H,3,6,8,10,13H2,1-2H3,(H,23,24)/t18-/m1/s1. The van der Waals surface area contributed by atoms with Crippen LogP contribution in [-0.4, -0.2) is 28.0 Å². The van der Waals surface area contributed by atoms with Crippen LogP contribution in [0, 0.1) is 0 Å². The molecule has 2 N–H and O–H groups in total. The molecule has 0 unspecified atom stereocenters. The average molecular weight is 403 g/mol. The van der Waals surface area contributed by atoms with E-state index in [0.717, 1.165) is 24.8 Å². The zero-order chi connectivity index (χ0) is 20.1. The largest absolute Gasteiger partial charge is 0.495 e. The van der Waals surface area contributed by atoms with E-state index in [9.17, 15) is 13.2 Å². The van der Waals surface area contributed by atoms with E-state index in [1.165, 1.54) is 24.8 Å². The number of aryl methyl sites for hydroxylation is 1. The van der Waals surface area contributed by atoms with Crippen molar-refractivity contribution in [2.45, 2.75) is 43.5 Å². The lowest BCUT2D eigenvalue weighted by Gasteiger charge is -2.26. The number of nitrogens with one attached hydrogen (secondary N) is 2. The number of methoxy groups -OCH3 is 1. The van der Waals surface area contributed by atoms with Crippen molar-refractivity contribution in [1.29, 1.82) is 0 Å². The highest BCUT2D eigenvalue weighted by atomic mass is 32.2. The molecule has 0 aliphatic heterocycles. The van der Waals surface area contributed by atoms with Gasteiger partial charge in [0.05, 0.1) is 13.2 Å². The van der Waals surface area contributed by atoms with E-state index in [4.69, 9.17) is 4.74 Å². The zero-order valence-electron chi connectivity index (χ0n) is 16.2. The number of amides is 1. The van der Waals surface area contributed by atoms with Gasteiger partial charge < -0.3 is 10.1 Å². The molecular weight excluding hydrogens is 376 g/mol. The quantitative estimate of drug-likeness (QED) is 0.745. The number of ether oxygens (including phenoxy) is 1. The molecule has 6 nitrogen and oxygen atoms in total. The number of hydrogen-bond donors (Lipinski definition) is 2. The number of benzene rings is 2. The second kappa shape index (κ2) is 8.75. The highest BCUT2D eigenvalue weighted by molar-refractivity contribution is 7.89. The van der Waals surface area contributed by atoms with E-state index in [0.29, 0.717) is 18.5 Å². The van der Waals surface area contributed by atoms with Gasteiger partial charge in [-0.3, -0.25) is 4.79 Å². The molecule has 1 aliphatic carbocycles. The van der Waals surface area contributed by atoms with Crippen molar-refractivity contribution in [1.82, 2.24) is 10.0 Å². The Hall–Kier alpha value is -2.38. The number of sulfonamides is 1. The lowest BCUT2D eigenvalue weighted by molar-refractivity contribution is 0.0932. The average Bonchev–Trinajstić information content (AvgIpc) is 2.72. The summed E-state index contributed by atoms with van der Waals surface area (Å²) in [5.74, 6) is -0.0838. The summed E-state index contributed by atoms with van der Waals surface area (Å²) in [6, 6.07) is 12.5. The summed E-state index contributed by atoms with van der Waals surface area (Å²) in [6.45, 7) is 2.20. The van der Waals surface area contributed by atoms with Crippen molar-refractivity contribution in [3.8, 4) is 5.75 Å². The summed E-state index contributed by atoms with van der Waals surface area (Å²) < 4.78 is 32.9. The first-order valence-electron chi connectivity index (χ1n) is 9.52. The van der Waals surface area contributed by atoms with E-state index >= 15 is 0 Å². The smallest absolute Gasteiger partial charge is 0.251 e. The lowest BCUT2D eigenvalue weighted by Crippen LogP contribution is -2.31. The molecule has 1 amide bonds. The first-order chi connectivity index (χ1) is 13.5. The van der Waals surface area contributed by atoms with E-state index in [-0.39, 0.29) is 22.6 Å². The molecule has 0 spiro atoms. The maximum atomic E-state index is 12.8. The van der Waals surface area contributed by atoms with Crippen LogP contribution in [0.5, 0.6) is 5.75 Å². The third kappa shape index (κ3) is 4.36. The second-order valence-electron chi connectivity index (χ2n) is 6.88. The first kappa shape index (κ1) is 20.4. The number of rotatable bonds is 7. The van der Waals surface area contributed by atoms with Gasteiger partial charge in [0.25, 0.3) is 5.91 Å². The fourth-order valence-corrected chi connectivity index (χ4v) is 4.81. The summed E-state index contributed by atoms with van der Waals surface area (Å²) in [4.78, 5) is 12.8. The number of fused-ring (bicyclic) bond motifs is 1. The molecule has 0 radical (unpaired) electrons. The molecule has 28 heavy (non-hydrogen) atoms. The summed E-state index contributed by atoms with van der Waals surface area (Å²) >= 11 is 0.